The van der Waals surface area contributed by atoms with Crippen molar-refractivity contribution in [2.24, 2.45) is 5.73 Å². The molecule has 2 fully saturated rings. The summed E-state index contributed by atoms with van der Waals surface area (Å²) in [5, 5.41) is 10.3. The van der Waals surface area contributed by atoms with Crippen LogP contribution in [-0.4, -0.2) is 49.5 Å². The molecule has 0 aliphatic carbocycles. The van der Waals surface area contributed by atoms with Crippen molar-refractivity contribution < 1.29 is 24.1 Å². The number of fused-ring (bicyclic) bond motifs is 1. The average molecular weight is 281 g/mol. The van der Waals surface area contributed by atoms with E-state index < -0.39 is 30.8 Å². The number of hydrogen-bond donors (Lipinski definition) is 2. The van der Waals surface area contributed by atoms with E-state index in [1.165, 1.54) is 7.11 Å². The normalized spacial score (nSPS) is 41.1. The molecule has 0 aromatic heterocycles. The van der Waals surface area contributed by atoms with Crippen molar-refractivity contribution in [2.75, 3.05) is 13.7 Å². The summed E-state index contributed by atoms with van der Waals surface area (Å²) in [6.45, 7) is 0.327. The van der Waals surface area contributed by atoms with Gasteiger partial charge in [0.15, 0.2) is 12.6 Å². The van der Waals surface area contributed by atoms with Crippen molar-refractivity contribution in [3.05, 3.63) is 35.9 Å². The Bertz CT molecular complexity index is 440. The van der Waals surface area contributed by atoms with Crippen LogP contribution in [0.4, 0.5) is 0 Å². The van der Waals surface area contributed by atoms with Crippen molar-refractivity contribution in [2.45, 2.75) is 36.9 Å². The molecule has 0 amide bonds. The molecule has 6 heteroatoms. The lowest BCUT2D eigenvalue weighted by atomic mass is 9.96. The number of aliphatic hydroxyl groups is 1. The third-order valence-corrected chi connectivity index (χ3v) is 3.72. The summed E-state index contributed by atoms with van der Waals surface area (Å²) in [4.78, 5) is 0. The van der Waals surface area contributed by atoms with Gasteiger partial charge < -0.3 is 29.8 Å². The number of ether oxygens (including phenoxy) is 4. The molecule has 0 bridgehead atoms. The molecule has 110 valence electrons. The number of nitrogens with two attached hydrogens (primary N) is 1. The fourth-order valence-electron chi connectivity index (χ4n) is 2.60. The molecule has 0 saturated carbocycles. The van der Waals surface area contributed by atoms with Crippen LogP contribution in [0.3, 0.4) is 0 Å². The summed E-state index contributed by atoms with van der Waals surface area (Å²) < 4.78 is 22.2. The molecule has 2 aliphatic heterocycles. The molecule has 1 aromatic carbocycles. The maximum Gasteiger partial charge on any atom is 0.184 e. The van der Waals surface area contributed by atoms with E-state index in [4.69, 9.17) is 24.7 Å². The van der Waals surface area contributed by atoms with Crippen LogP contribution in [0.1, 0.15) is 11.9 Å². The van der Waals surface area contributed by atoms with Gasteiger partial charge in [-0.1, -0.05) is 30.3 Å². The van der Waals surface area contributed by atoms with E-state index in [1.807, 2.05) is 30.3 Å². The number of benzene rings is 1. The molecule has 6 atom stereocenters. The van der Waals surface area contributed by atoms with Gasteiger partial charge in [0, 0.05) is 12.7 Å². The smallest absolute Gasteiger partial charge is 0.184 e. The molecule has 2 aliphatic rings. The Hall–Kier alpha value is -1.02. The second-order valence-electron chi connectivity index (χ2n) is 5.02. The molecule has 3 N–H and O–H groups in total. The molecule has 6 nitrogen and oxygen atoms in total. The van der Waals surface area contributed by atoms with Gasteiger partial charge >= 0.3 is 0 Å². The number of aliphatic hydroxyl groups excluding tert-OH is 1. The van der Waals surface area contributed by atoms with Crippen LogP contribution >= 0.6 is 0 Å². The van der Waals surface area contributed by atoms with Gasteiger partial charge in [0.1, 0.15) is 18.3 Å². The van der Waals surface area contributed by atoms with Crippen molar-refractivity contribution >= 4 is 0 Å². The lowest BCUT2D eigenvalue weighted by Crippen LogP contribution is -2.64. The predicted molar refractivity (Wildman–Crippen MR) is 69.7 cm³/mol. The fourth-order valence-corrected chi connectivity index (χ4v) is 2.60. The second kappa shape index (κ2) is 5.77. The molecule has 3 rings (SSSR count). The van der Waals surface area contributed by atoms with Crippen LogP contribution in [0.25, 0.3) is 0 Å². The van der Waals surface area contributed by atoms with Gasteiger partial charge in [-0.2, -0.15) is 0 Å². The van der Waals surface area contributed by atoms with Gasteiger partial charge in [-0.3, -0.25) is 0 Å². The third kappa shape index (κ3) is 2.46. The Kier molecular flexibility index (Phi) is 4.02. The van der Waals surface area contributed by atoms with Crippen LogP contribution in [0.15, 0.2) is 30.3 Å². The standard InChI is InChI=1S/C14H19NO5/c1-17-14-10(15)11(16)12-9(19-14)7-18-13(20-12)8-5-3-2-4-6-8/h2-6,9-14,16H,7,15H2,1H3/t9-,10-,11-,12-,13-,14+/m1/s1. The van der Waals surface area contributed by atoms with Gasteiger partial charge in [-0.15, -0.1) is 0 Å². The molecule has 1 aromatic rings. The highest BCUT2D eigenvalue weighted by Crippen LogP contribution is 2.33. The minimum atomic E-state index is -0.853. The first-order chi connectivity index (χ1) is 9.70. The predicted octanol–water partition coefficient (Wildman–Crippen LogP) is 0.160. The molecule has 2 saturated heterocycles. The van der Waals surface area contributed by atoms with E-state index >= 15 is 0 Å². The van der Waals surface area contributed by atoms with Crippen LogP contribution in [-0.2, 0) is 18.9 Å². The summed E-state index contributed by atoms with van der Waals surface area (Å²) in [5.41, 5.74) is 6.81. The Balaban J connectivity index is 1.74. The van der Waals surface area contributed by atoms with Crippen LogP contribution in [0.2, 0.25) is 0 Å². The van der Waals surface area contributed by atoms with Gasteiger partial charge in [0.05, 0.1) is 12.6 Å². The van der Waals surface area contributed by atoms with E-state index in [0.717, 1.165) is 5.56 Å². The van der Waals surface area contributed by atoms with E-state index in [9.17, 15) is 5.11 Å². The number of methoxy groups -OCH3 is 1. The quantitative estimate of drug-likeness (QED) is 0.803. The zero-order valence-corrected chi connectivity index (χ0v) is 11.2. The van der Waals surface area contributed by atoms with Crippen molar-refractivity contribution in [1.29, 1.82) is 0 Å². The first-order valence-corrected chi connectivity index (χ1v) is 6.64. The van der Waals surface area contributed by atoms with Gasteiger partial charge in [0.25, 0.3) is 0 Å². The number of hydrogen-bond acceptors (Lipinski definition) is 6. The Labute approximate surface area is 117 Å². The monoisotopic (exact) mass is 281 g/mol. The molecule has 0 radical (unpaired) electrons. The first kappa shape index (κ1) is 13.9. The van der Waals surface area contributed by atoms with E-state index in [-0.39, 0.29) is 6.10 Å². The third-order valence-electron chi connectivity index (χ3n) is 3.72. The average Bonchev–Trinajstić information content (AvgIpc) is 2.51. The van der Waals surface area contributed by atoms with Crippen molar-refractivity contribution in [3.63, 3.8) is 0 Å². The maximum absolute atomic E-state index is 10.3. The van der Waals surface area contributed by atoms with Gasteiger partial charge in [0.2, 0.25) is 0 Å². The number of rotatable bonds is 2. The molecule has 0 unspecified atom stereocenters. The Morgan fingerprint density at radius 3 is 2.70 bits per heavy atom. The first-order valence-electron chi connectivity index (χ1n) is 6.64. The molecular weight excluding hydrogens is 262 g/mol. The maximum atomic E-state index is 10.3. The summed E-state index contributed by atoms with van der Waals surface area (Å²) in [7, 11) is 1.49. The fraction of sp³-hybridized carbons (Fsp3) is 0.571. The zero-order chi connectivity index (χ0) is 14.1. The zero-order valence-electron chi connectivity index (χ0n) is 11.2. The largest absolute Gasteiger partial charge is 0.388 e. The van der Waals surface area contributed by atoms with Gasteiger partial charge in [-0.25, -0.2) is 0 Å². The lowest BCUT2D eigenvalue weighted by Gasteiger charge is -2.46. The lowest BCUT2D eigenvalue weighted by molar-refractivity contribution is -0.339. The summed E-state index contributed by atoms with van der Waals surface area (Å²) in [6.07, 6.45) is -2.91. The van der Waals surface area contributed by atoms with Crippen molar-refractivity contribution in [3.8, 4) is 0 Å². The SMILES string of the molecule is CO[C@H]1O[C@@H]2CO[C@@H](c3ccccc3)O[C@H]2[C@H](O)[C@H]1N. The molecule has 0 spiro atoms. The summed E-state index contributed by atoms with van der Waals surface area (Å²) in [5.74, 6) is 0. The highest BCUT2D eigenvalue weighted by Gasteiger charge is 2.48. The Morgan fingerprint density at radius 1 is 1.25 bits per heavy atom. The summed E-state index contributed by atoms with van der Waals surface area (Å²) in [6, 6.07) is 8.93. The summed E-state index contributed by atoms with van der Waals surface area (Å²) >= 11 is 0. The van der Waals surface area contributed by atoms with E-state index in [2.05, 4.69) is 0 Å². The topological polar surface area (TPSA) is 83.2 Å². The minimum absolute atomic E-state index is 0.327. The molecule has 20 heavy (non-hydrogen) atoms. The van der Waals surface area contributed by atoms with Crippen LogP contribution in [0, 0.1) is 0 Å². The van der Waals surface area contributed by atoms with E-state index in [0.29, 0.717) is 6.61 Å². The van der Waals surface area contributed by atoms with Crippen LogP contribution < -0.4 is 5.73 Å². The molecular formula is C14H19NO5. The van der Waals surface area contributed by atoms with Gasteiger partial charge in [-0.05, 0) is 0 Å². The second-order valence-corrected chi connectivity index (χ2v) is 5.02. The van der Waals surface area contributed by atoms with Crippen molar-refractivity contribution in [1.82, 2.24) is 0 Å². The Morgan fingerprint density at radius 2 is 2.00 bits per heavy atom. The van der Waals surface area contributed by atoms with E-state index in [1.54, 1.807) is 0 Å². The molecule has 2 heterocycles. The highest BCUT2D eigenvalue weighted by molar-refractivity contribution is 5.16. The highest BCUT2D eigenvalue weighted by atomic mass is 16.7. The van der Waals surface area contributed by atoms with Crippen LogP contribution in [0.5, 0.6) is 0 Å². The minimum Gasteiger partial charge on any atom is -0.388 e.